The van der Waals surface area contributed by atoms with Crippen LogP contribution in [0.15, 0.2) is 59.8 Å². The predicted molar refractivity (Wildman–Crippen MR) is 128 cm³/mol. The average molecular weight is 464 g/mol. The summed E-state index contributed by atoms with van der Waals surface area (Å²) >= 11 is 1.45. The minimum atomic E-state index is -0.0176. The molecule has 0 spiro atoms. The number of likely N-dealkylation sites (tertiary alicyclic amines) is 1. The van der Waals surface area contributed by atoms with Gasteiger partial charge in [-0.2, -0.15) is 0 Å². The van der Waals surface area contributed by atoms with Gasteiger partial charge in [0.15, 0.2) is 5.16 Å². The van der Waals surface area contributed by atoms with Crippen molar-refractivity contribution in [1.29, 1.82) is 0 Å². The highest BCUT2D eigenvalue weighted by molar-refractivity contribution is 7.99. The molecule has 2 aliphatic rings. The number of hydrogen-bond acceptors (Lipinski definition) is 6. The third kappa shape index (κ3) is 5.39. The summed E-state index contributed by atoms with van der Waals surface area (Å²) in [7, 11) is 0. The standard InChI is InChI=1S/C25H29N5O2S/c31-24(26-21-12-15-32-22-11-5-4-10-20(21)22)18-33-25-28-27-23(17-29-13-6-7-14-29)30(25)16-19-8-2-1-3-9-19/h1-5,8-11,21H,6-7,12-18H2,(H,26,31). The third-order valence-corrected chi connectivity index (χ3v) is 7.13. The van der Waals surface area contributed by atoms with Crippen LogP contribution in [0, 0.1) is 0 Å². The van der Waals surface area contributed by atoms with Gasteiger partial charge in [-0.1, -0.05) is 60.3 Å². The van der Waals surface area contributed by atoms with Gasteiger partial charge in [-0.3, -0.25) is 9.69 Å². The molecule has 1 aromatic heterocycles. The van der Waals surface area contributed by atoms with Gasteiger partial charge in [0.25, 0.3) is 0 Å². The van der Waals surface area contributed by atoms with Crippen molar-refractivity contribution in [2.45, 2.75) is 43.6 Å². The molecule has 172 valence electrons. The number of para-hydroxylation sites is 1. The van der Waals surface area contributed by atoms with Crippen molar-refractivity contribution in [2.24, 2.45) is 0 Å². The fourth-order valence-corrected chi connectivity index (χ4v) is 5.23. The summed E-state index contributed by atoms with van der Waals surface area (Å²) in [6.07, 6.45) is 3.26. The van der Waals surface area contributed by atoms with E-state index in [-0.39, 0.29) is 11.9 Å². The number of aromatic nitrogens is 3. The number of amides is 1. The number of thioether (sulfide) groups is 1. The summed E-state index contributed by atoms with van der Waals surface area (Å²) in [5, 5.41) is 12.9. The topological polar surface area (TPSA) is 72.3 Å². The van der Waals surface area contributed by atoms with Crippen molar-refractivity contribution >= 4 is 17.7 Å². The third-order valence-electron chi connectivity index (χ3n) is 6.17. The highest BCUT2D eigenvalue weighted by atomic mass is 32.2. The first-order chi connectivity index (χ1) is 16.3. The maximum absolute atomic E-state index is 12.8. The zero-order valence-electron chi connectivity index (χ0n) is 18.7. The molecule has 1 fully saturated rings. The Bertz CT molecular complexity index is 1080. The van der Waals surface area contributed by atoms with Gasteiger partial charge in [0.05, 0.1) is 31.5 Å². The van der Waals surface area contributed by atoms with Crippen molar-refractivity contribution in [3.8, 4) is 5.75 Å². The normalized spacial score (nSPS) is 18.0. The number of nitrogens with one attached hydrogen (secondary N) is 1. The molecule has 3 heterocycles. The first-order valence-electron chi connectivity index (χ1n) is 11.6. The minimum absolute atomic E-state index is 0.00272. The van der Waals surface area contributed by atoms with Gasteiger partial charge in [-0.05, 0) is 37.6 Å². The van der Waals surface area contributed by atoms with Crippen molar-refractivity contribution in [1.82, 2.24) is 25.0 Å². The predicted octanol–water partition coefficient (Wildman–Crippen LogP) is 3.65. The number of fused-ring (bicyclic) bond motifs is 1. The van der Waals surface area contributed by atoms with Gasteiger partial charge in [0.2, 0.25) is 5.91 Å². The van der Waals surface area contributed by atoms with Crippen LogP contribution in [-0.2, 0) is 17.9 Å². The molecule has 3 aromatic rings. The minimum Gasteiger partial charge on any atom is -0.493 e. The van der Waals surface area contributed by atoms with Crippen LogP contribution >= 0.6 is 11.8 Å². The number of benzene rings is 2. The molecule has 1 N–H and O–H groups in total. The lowest BCUT2D eigenvalue weighted by atomic mass is 10.0. The lowest BCUT2D eigenvalue weighted by molar-refractivity contribution is -0.119. The molecule has 2 aromatic carbocycles. The molecule has 0 aliphatic carbocycles. The summed E-state index contributed by atoms with van der Waals surface area (Å²) in [6.45, 7) is 4.32. The summed E-state index contributed by atoms with van der Waals surface area (Å²) in [6, 6.07) is 18.2. The fraction of sp³-hybridized carbons (Fsp3) is 0.400. The smallest absolute Gasteiger partial charge is 0.230 e. The van der Waals surface area contributed by atoms with E-state index in [0.29, 0.717) is 18.9 Å². The second-order valence-electron chi connectivity index (χ2n) is 8.54. The number of hydrogen-bond donors (Lipinski definition) is 1. The lowest BCUT2D eigenvalue weighted by Gasteiger charge is -2.26. The molecule has 5 rings (SSSR count). The molecule has 7 nitrogen and oxygen atoms in total. The second-order valence-corrected chi connectivity index (χ2v) is 9.48. The van der Waals surface area contributed by atoms with Gasteiger partial charge < -0.3 is 14.6 Å². The van der Waals surface area contributed by atoms with E-state index in [1.54, 1.807) is 0 Å². The molecule has 0 bridgehead atoms. The second kappa shape index (κ2) is 10.4. The van der Waals surface area contributed by atoms with Gasteiger partial charge in [0, 0.05) is 12.0 Å². The van der Waals surface area contributed by atoms with Crippen LogP contribution in [0.2, 0.25) is 0 Å². The summed E-state index contributed by atoms with van der Waals surface area (Å²) in [5.41, 5.74) is 2.24. The van der Waals surface area contributed by atoms with Crippen LogP contribution in [0.4, 0.5) is 0 Å². The Kier molecular flexibility index (Phi) is 6.92. The molecule has 1 amide bonds. The largest absolute Gasteiger partial charge is 0.493 e. The molecular formula is C25H29N5O2S. The number of carbonyl (C=O) groups is 1. The Hall–Kier alpha value is -2.84. The first-order valence-corrected chi connectivity index (χ1v) is 12.6. The molecule has 33 heavy (non-hydrogen) atoms. The Morgan fingerprint density at radius 3 is 2.67 bits per heavy atom. The van der Waals surface area contributed by atoms with Crippen LogP contribution in [0.1, 0.15) is 42.3 Å². The highest BCUT2D eigenvalue weighted by Gasteiger charge is 2.23. The summed E-state index contributed by atoms with van der Waals surface area (Å²) in [4.78, 5) is 15.2. The zero-order valence-corrected chi connectivity index (χ0v) is 19.5. The van der Waals surface area contributed by atoms with Gasteiger partial charge in [0.1, 0.15) is 11.6 Å². The molecule has 0 saturated carbocycles. The Morgan fingerprint density at radius 1 is 1.03 bits per heavy atom. The van der Waals surface area contributed by atoms with Crippen LogP contribution in [0.25, 0.3) is 0 Å². The van der Waals surface area contributed by atoms with E-state index in [1.165, 1.54) is 30.2 Å². The molecule has 1 atom stereocenters. The number of carbonyl (C=O) groups excluding carboxylic acids is 1. The SMILES string of the molecule is O=C(CSc1nnc(CN2CCCC2)n1Cc1ccccc1)NC1CCOc2ccccc21. The Balaban J connectivity index is 1.26. The van der Waals surface area contributed by atoms with E-state index >= 15 is 0 Å². The van der Waals surface area contributed by atoms with Crippen LogP contribution in [-0.4, -0.2) is 51.0 Å². The number of ether oxygens (including phenoxy) is 1. The van der Waals surface area contributed by atoms with E-state index in [1.807, 2.05) is 42.5 Å². The highest BCUT2D eigenvalue weighted by Crippen LogP contribution is 2.31. The lowest BCUT2D eigenvalue weighted by Crippen LogP contribution is -2.33. The molecular weight excluding hydrogens is 434 g/mol. The fourth-order valence-electron chi connectivity index (χ4n) is 4.47. The molecule has 8 heteroatoms. The van der Waals surface area contributed by atoms with E-state index in [4.69, 9.17) is 4.74 Å². The molecule has 1 saturated heterocycles. The van der Waals surface area contributed by atoms with E-state index in [0.717, 1.165) is 48.3 Å². The van der Waals surface area contributed by atoms with Crippen molar-refractivity contribution < 1.29 is 9.53 Å². The van der Waals surface area contributed by atoms with Crippen molar-refractivity contribution in [3.05, 3.63) is 71.5 Å². The Morgan fingerprint density at radius 2 is 1.82 bits per heavy atom. The average Bonchev–Trinajstić information content (AvgIpc) is 3.49. The summed E-state index contributed by atoms with van der Waals surface area (Å²) in [5.74, 6) is 2.12. The first kappa shape index (κ1) is 22.0. The number of nitrogens with zero attached hydrogens (tertiary/aromatic N) is 4. The van der Waals surface area contributed by atoms with Crippen LogP contribution in [0.3, 0.4) is 0 Å². The van der Waals surface area contributed by atoms with Gasteiger partial charge in [-0.15, -0.1) is 10.2 Å². The number of rotatable bonds is 8. The maximum atomic E-state index is 12.8. The van der Waals surface area contributed by atoms with Gasteiger partial charge in [-0.25, -0.2) is 0 Å². The van der Waals surface area contributed by atoms with E-state index in [2.05, 4.69) is 37.1 Å². The molecule has 1 unspecified atom stereocenters. The molecule has 0 radical (unpaired) electrons. The van der Waals surface area contributed by atoms with Gasteiger partial charge >= 0.3 is 0 Å². The quantitative estimate of drug-likeness (QED) is 0.514. The summed E-state index contributed by atoms with van der Waals surface area (Å²) < 4.78 is 7.87. The van der Waals surface area contributed by atoms with E-state index < -0.39 is 0 Å². The monoisotopic (exact) mass is 463 g/mol. The molecule has 2 aliphatic heterocycles. The zero-order chi connectivity index (χ0) is 22.5. The van der Waals surface area contributed by atoms with Crippen LogP contribution < -0.4 is 10.1 Å². The van der Waals surface area contributed by atoms with Crippen molar-refractivity contribution in [3.63, 3.8) is 0 Å². The Labute approximate surface area is 198 Å². The van der Waals surface area contributed by atoms with Crippen molar-refractivity contribution in [2.75, 3.05) is 25.4 Å². The maximum Gasteiger partial charge on any atom is 0.230 e. The van der Waals surface area contributed by atoms with Crippen LogP contribution in [0.5, 0.6) is 5.75 Å². The van der Waals surface area contributed by atoms with E-state index in [9.17, 15) is 4.79 Å².